The lowest BCUT2D eigenvalue weighted by Crippen LogP contribution is -2.30. The lowest BCUT2D eigenvalue weighted by molar-refractivity contribution is -0.149. The Morgan fingerprint density at radius 2 is 1.42 bits per heavy atom. The summed E-state index contributed by atoms with van der Waals surface area (Å²) in [6, 6.07) is 0. The number of nitrogens with zero attached hydrogens (tertiary/aromatic N) is 2. The molecule has 1 aromatic heterocycles. The van der Waals surface area contributed by atoms with Crippen LogP contribution in [0, 0.1) is 28.7 Å². The molecule has 1 aromatic carbocycles. The van der Waals surface area contributed by atoms with E-state index in [-0.39, 0.29) is 5.41 Å². The Labute approximate surface area is 190 Å². The minimum Gasteiger partial charge on any atom is -0.460 e. The highest BCUT2D eigenvalue weighted by Gasteiger charge is 2.37. The second-order valence-electron chi connectivity index (χ2n) is 9.30. The van der Waals surface area contributed by atoms with E-state index in [2.05, 4.69) is 21.3 Å². The smallest absolute Gasteiger partial charge is 0.314 e. The molecular weight excluding hydrogens is 440 g/mol. The highest BCUT2D eigenvalue weighted by atomic mass is 19.2. The van der Waals surface area contributed by atoms with Gasteiger partial charge in [0.25, 0.3) is 0 Å². The van der Waals surface area contributed by atoms with Crippen molar-refractivity contribution in [3.05, 3.63) is 70.8 Å². The van der Waals surface area contributed by atoms with Crippen molar-refractivity contribution in [1.82, 2.24) is 9.97 Å². The fourth-order valence-corrected chi connectivity index (χ4v) is 3.21. The summed E-state index contributed by atoms with van der Waals surface area (Å²) in [5.41, 5.74) is -2.70. The molecule has 0 aliphatic heterocycles. The topological polar surface area (TPSA) is 61.3 Å². The number of halogens is 4. The average Bonchev–Trinajstić information content (AvgIpc) is 2.75. The number of allylic oxidation sites excluding steroid dienone is 1. The quantitative estimate of drug-likeness (QED) is 0.221. The first-order valence-corrected chi connectivity index (χ1v) is 10.2. The number of esters is 1. The number of aromatic nitrogens is 2. The first-order chi connectivity index (χ1) is 15.3. The highest BCUT2D eigenvalue weighted by Crippen LogP contribution is 2.38. The Hall–Kier alpha value is -2.81. The fourth-order valence-electron chi connectivity index (χ4n) is 3.21. The molecule has 9 heteroatoms. The van der Waals surface area contributed by atoms with Crippen molar-refractivity contribution in [3.8, 4) is 0 Å². The number of methoxy groups -OCH3 is 1. The maximum atomic E-state index is 14.4. The summed E-state index contributed by atoms with van der Waals surface area (Å²) in [5, 5.41) is 0. The summed E-state index contributed by atoms with van der Waals surface area (Å²) in [4.78, 5) is 21.6. The molecule has 1 atom stereocenters. The van der Waals surface area contributed by atoms with Gasteiger partial charge in [0, 0.05) is 30.5 Å². The molecule has 0 spiro atoms. The van der Waals surface area contributed by atoms with E-state index in [0.717, 1.165) is 7.11 Å². The molecule has 0 bridgehead atoms. The Morgan fingerprint density at radius 3 is 1.82 bits per heavy atom. The van der Waals surface area contributed by atoms with Gasteiger partial charge < -0.3 is 9.47 Å². The van der Waals surface area contributed by atoms with E-state index in [1.54, 1.807) is 13.8 Å². The summed E-state index contributed by atoms with van der Waals surface area (Å²) in [7, 11) is 1.13. The van der Waals surface area contributed by atoms with Crippen LogP contribution in [0.4, 0.5) is 17.6 Å². The van der Waals surface area contributed by atoms with Gasteiger partial charge in [-0.2, -0.15) is 0 Å². The molecule has 2 rings (SSSR count). The first-order valence-electron chi connectivity index (χ1n) is 10.2. The fraction of sp³-hybridized carbons (Fsp3) is 0.458. The van der Waals surface area contributed by atoms with E-state index in [1.165, 1.54) is 18.5 Å². The molecule has 1 unspecified atom stereocenters. The summed E-state index contributed by atoms with van der Waals surface area (Å²) >= 11 is 0. The average molecular weight is 468 g/mol. The zero-order valence-electron chi connectivity index (χ0n) is 19.6. The van der Waals surface area contributed by atoms with E-state index in [4.69, 9.17) is 4.74 Å². The van der Waals surface area contributed by atoms with Gasteiger partial charge in [-0.3, -0.25) is 4.79 Å². The summed E-state index contributed by atoms with van der Waals surface area (Å²) in [6.07, 6.45) is 4.48. The first kappa shape index (κ1) is 26.4. The molecular formula is C24H28F4N2O3. The van der Waals surface area contributed by atoms with Crippen LogP contribution in [-0.2, 0) is 32.9 Å². The van der Waals surface area contributed by atoms with Crippen molar-refractivity contribution in [1.29, 1.82) is 0 Å². The zero-order valence-corrected chi connectivity index (χ0v) is 19.6. The van der Waals surface area contributed by atoms with Crippen LogP contribution in [-0.4, -0.2) is 23.0 Å². The summed E-state index contributed by atoms with van der Waals surface area (Å²) in [5.74, 6) is -7.81. The van der Waals surface area contributed by atoms with E-state index in [0.29, 0.717) is 11.4 Å². The Morgan fingerprint density at radius 1 is 0.970 bits per heavy atom. The van der Waals surface area contributed by atoms with Gasteiger partial charge in [0.05, 0.1) is 23.7 Å². The molecule has 180 valence electrons. The Kier molecular flexibility index (Phi) is 8.00. The molecule has 2 aromatic rings. The van der Waals surface area contributed by atoms with Crippen LogP contribution in [0.3, 0.4) is 0 Å². The maximum Gasteiger partial charge on any atom is 0.314 e. The van der Waals surface area contributed by atoms with Crippen LogP contribution in [0.2, 0.25) is 0 Å². The lowest BCUT2D eigenvalue weighted by atomic mass is 9.75. The summed E-state index contributed by atoms with van der Waals surface area (Å²) in [6.45, 7) is 11.3. The van der Waals surface area contributed by atoms with Crippen molar-refractivity contribution in [3.63, 3.8) is 0 Å². The minimum absolute atomic E-state index is 0.319. The normalized spacial score (nSPS) is 13.0. The van der Waals surface area contributed by atoms with Gasteiger partial charge in [-0.15, -0.1) is 6.58 Å². The molecule has 0 N–H and O–H groups in total. The van der Waals surface area contributed by atoms with Gasteiger partial charge in [0.15, 0.2) is 23.3 Å². The van der Waals surface area contributed by atoms with E-state index >= 15 is 0 Å². The van der Waals surface area contributed by atoms with Gasteiger partial charge in [-0.1, -0.05) is 40.7 Å². The molecule has 0 amide bonds. The van der Waals surface area contributed by atoms with E-state index < -0.39 is 64.9 Å². The Bertz CT molecular complexity index is 1000. The van der Waals surface area contributed by atoms with Gasteiger partial charge in [-0.05, 0) is 5.41 Å². The van der Waals surface area contributed by atoms with E-state index in [1.807, 2.05) is 20.8 Å². The van der Waals surface area contributed by atoms with Crippen LogP contribution in [0.5, 0.6) is 0 Å². The molecule has 0 aliphatic rings. The number of rotatable bonds is 8. The molecule has 0 fully saturated rings. The molecule has 1 heterocycles. The molecule has 0 aliphatic carbocycles. The predicted octanol–water partition coefficient (Wildman–Crippen LogP) is 5.52. The molecule has 0 saturated heterocycles. The molecule has 5 nitrogen and oxygen atoms in total. The Balaban J connectivity index is 2.38. The lowest BCUT2D eigenvalue weighted by Gasteiger charge is -2.30. The number of hydrogen-bond donors (Lipinski definition) is 0. The maximum absolute atomic E-state index is 14.4. The number of ether oxygens (including phenoxy) is 2. The van der Waals surface area contributed by atoms with Crippen molar-refractivity contribution in [2.75, 3.05) is 7.11 Å². The minimum atomic E-state index is -1.65. The standard InChI is InChI=1S/C24H28F4N2O3/c1-8-24(5,6)16(13-9-29-22(30-10-13)23(2,3)4)21(31)33-12-15-19(27)17(25)14(11-32-7)18(26)20(15)28/h8-10,16H,1,11-12H2,2-7H3. The van der Waals surface area contributed by atoms with Crippen molar-refractivity contribution in [2.45, 2.75) is 59.2 Å². The number of carbonyl (C=O) groups is 1. The molecule has 0 radical (unpaired) electrons. The third-order valence-electron chi connectivity index (χ3n) is 5.27. The highest BCUT2D eigenvalue weighted by molar-refractivity contribution is 5.79. The number of benzene rings is 1. The van der Waals surface area contributed by atoms with Crippen LogP contribution >= 0.6 is 0 Å². The second-order valence-corrected chi connectivity index (χ2v) is 9.30. The monoisotopic (exact) mass is 468 g/mol. The third-order valence-corrected chi connectivity index (χ3v) is 5.27. The van der Waals surface area contributed by atoms with Crippen molar-refractivity contribution >= 4 is 5.97 Å². The van der Waals surface area contributed by atoms with Crippen LogP contribution in [0.25, 0.3) is 0 Å². The third kappa shape index (κ3) is 5.58. The SMILES string of the molecule is C=CC(C)(C)C(C(=O)OCc1c(F)c(F)c(COC)c(F)c1F)c1cnc(C(C)(C)C)nc1. The van der Waals surface area contributed by atoms with Gasteiger partial charge in [0.1, 0.15) is 12.4 Å². The van der Waals surface area contributed by atoms with Crippen LogP contribution in [0.15, 0.2) is 25.0 Å². The number of hydrogen-bond acceptors (Lipinski definition) is 5. The van der Waals surface area contributed by atoms with Gasteiger partial charge >= 0.3 is 5.97 Å². The van der Waals surface area contributed by atoms with Crippen LogP contribution in [0.1, 0.15) is 63.1 Å². The zero-order chi connectivity index (χ0) is 25.1. The van der Waals surface area contributed by atoms with Gasteiger partial charge in [-0.25, -0.2) is 27.5 Å². The number of carbonyl (C=O) groups excluding carboxylic acids is 1. The van der Waals surface area contributed by atoms with Gasteiger partial charge in [0.2, 0.25) is 0 Å². The summed E-state index contributed by atoms with van der Waals surface area (Å²) < 4.78 is 66.8. The second kappa shape index (κ2) is 9.99. The molecule has 33 heavy (non-hydrogen) atoms. The largest absolute Gasteiger partial charge is 0.460 e. The predicted molar refractivity (Wildman–Crippen MR) is 114 cm³/mol. The van der Waals surface area contributed by atoms with E-state index in [9.17, 15) is 22.4 Å². The van der Waals surface area contributed by atoms with Crippen molar-refractivity contribution < 1.29 is 31.8 Å². The van der Waals surface area contributed by atoms with Crippen LogP contribution < -0.4 is 0 Å². The molecule has 0 saturated carbocycles. The van der Waals surface area contributed by atoms with Crippen molar-refractivity contribution in [2.24, 2.45) is 5.41 Å².